The summed E-state index contributed by atoms with van der Waals surface area (Å²) >= 11 is 0. The Balaban J connectivity index is 1.43. The van der Waals surface area contributed by atoms with Gasteiger partial charge in [0.25, 0.3) is 0 Å². The molecule has 3 rings (SSSR count). The molecule has 1 aliphatic heterocycles. The minimum atomic E-state index is -4.12. The molecule has 2 N–H and O–H groups in total. The number of carbonyl (C=O) groups excluding carboxylic acids is 1. The van der Waals surface area contributed by atoms with Gasteiger partial charge in [-0.2, -0.15) is 13.2 Å². The summed E-state index contributed by atoms with van der Waals surface area (Å²) in [6.07, 6.45) is 0.850. The average molecular weight is 370 g/mol. The van der Waals surface area contributed by atoms with Crippen molar-refractivity contribution < 1.29 is 18.0 Å². The number of anilines is 1. The van der Waals surface area contributed by atoms with Crippen molar-refractivity contribution in [2.24, 2.45) is 5.92 Å². The van der Waals surface area contributed by atoms with Crippen LogP contribution in [0.25, 0.3) is 0 Å². The lowest BCUT2D eigenvalue weighted by molar-refractivity contribution is -0.182. The summed E-state index contributed by atoms with van der Waals surface area (Å²) in [6.45, 7) is 2.38. The zero-order valence-corrected chi connectivity index (χ0v) is 14.7. The summed E-state index contributed by atoms with van der Waals surface area (Å²) in [5, 5.41) is 5.57. The molecule has 2 aliphatic rings. The fourth-order valence-electron chi connectivity index (χ4n) is 3.67. The second kappa shape index (κ2) is 8.14. The van der Waals surface area contributed by atoms with Gasteiger partial charge in [0.2, 0.25) is 0 Å². The number of amides is 2. The van der Waals surface area contributed by atoms with E-state index in [-0.39, 0.29) is 24.9 Å². The zero-order valence-electron chi connectivity index (χ0n) is 14.7. The number of nitrogens with one attached hydrogen (secondary N) is 2. The van der Waals surface area contributed by atoms with Crippen molar-refractivity contribution in [1.82, 2.24) is 15.6 Å². The first-order valence-corrected chi connectivity index (χ1v) is 9.23. The average Bonchev–Trinajstić information content (AvgIpc) is 3.15. The van der Waals surface area contributed by atoms with Gasteiger partial charge >= 0.3 is 12.2 Å². The quantitative estimate of drug-likeness (QED) is 0.851. The van der Waals surface area contributed by atoms with Crippen molar-refractivity contribution in [2.45, 2.75) is 57.3 Å². The molecule has 5 nitrogen and oxygen atoms in total. The van der Waals surface area contributed by atoms with Crippen LogP contribution < -0.4 is 15.5 Å². The Labute approximate surface area is 151 Å². The maximum Gasteiger partial charge on any atom is 0.391 e. The fourth-order valence-corrected chi connectivity index (χ4v) is 3.67. The molecule has 144 valence electrons. The van der Waals surface area contributed by atoms with E-state index >= 15 is 0 Å². The Morgan fingerprint density at radius 1 is 1.19 bits per heavy atom. The molecule has 1 aliphatic carbocycles. The Morgan fingerprint density at radius 2 is 1.88 bits per heavy atom. The van der Waals surface area contributed by atoms with Gasteiger partial charge in [-0.1, -0.05) is 0 Å². The molecule has 1 aromatic rings. The van der Waals surface area contributed by atoms with Crippen molar-refractivity contribution in [3.8, 4) is 0 Å². The van der Waals surface area contributed by atoms with E-state index in [2.05, 4.69) is 20.5 Å². The van der Waals surface area contributed by atoms with E-state index in [1.54, 1.807) is 6.20 Å². The van der Waals surface area contributed by atoms with Crippen LogP contribution in [0.2, 0.25) is 0 Å². The summed E-state index contributed by atoms with van der Waals surface area (Å²) < 4.78 is 38.0. The lowest BCUT2D eigenvalue weighted by atomic mass is 9.86. The SMILES string of the molecule is O=C(NCc1ccnc(N2CCCC2)c1)NC1CCC(C(F)(F)F)CC1. The lowest BCUT2D eigenvalue weighted by Gasteiger charge is -2.30. The molecular weight excluding hydrogens is 345 g/mol. The normalized spacial score (nSPS) is 23.7. The van der Waals surface area contributed by atoms with Crippen LogP contribution in [0, 0.1) is 5.92 Å². The molecule has 0 bridgehead atoms. The zero-order chi connectivity index (χ0) is 18.6. The van der Waals surface area contributed by atoms with Crippen LogP contribution in [0.5, 0.6) is 0 Å². The highest BCUT2D eigenvalue weighted by Gasteiger charge is 2.41. The van der Waals surface area contributed by atoms with Gasteiger partial charge in [0.1, 0.15) is 5.82 Å². The summed E-state index contributed by atoms with van der Waals surface area (Å²) in [5.74, 6) is -0.308. The van der Waals surface area contributed by atoms with Gasteiger partial charge in [-0.15, -0.1) is 0 Å². The second-order valence-electron chi connectivity index (χ2n) is 7.13. The molecule has 2 fully saturated rings. The minimum absolute atomic E-state index is 0.0813. The highest BCUT2D eigenvalue weighted by Crippen LogP contribution is 2.37. The standard InChI is InChI=1S/C18H25F3N4O/c19-18(20,21)14-3-5-15(6-4-14)24-17(26)23-12-13-7-8-22-16(11-13)25-9-1-2-10-25/h7-8,11,14-15H,1-6,9-10,12H2,(H2,23,24,26). The van der Waals surface area contributed by atoms with Crippen molar-refractivity contribution in [3.05, 3.63) is 23.9 Å². The van der Waals surface area contributed by atoms with Gasteiger partial charge in [-0.3, -0.25) is 0 Å². The van der Waals surface area contributed by atoms with Crippen molar-refractivity contribution in [1.29, 1.82) is 0 Å². The molecular formula is C18H25F3N4O. The van der Waals surface area contributed by atoms with Crippen molar-refractivity contribution in [2.75, 3.05) is 18.0 Å². The molecule has 1 aromatic heterocycles. The fraction of sp³-hybridized carbons (Fsp3) is 0.667. The molecule has 1 saturated heterocycles. The first-order valence-electron chi connectivity index (χ1n) is 9.23. The number of pyridine rings is 1. The van der Waals surface area contributed by atoms with Crippen LogP contribution in [0.15, 0.2) is 18.3 Å². The van der Waals surface area contributed by atoms with Crippen LogP contribution in [-0.4, -0.2) is 36.3 Å². The number of aromatic nitrogens is 1. The second-order valence-corrected chi connectivity index (χ2v) is 7.13. The van der Waals surface area contributed by atoms with Gasteiger partial charge in [0, 0.05) is 31.9 Å². The van der Waals surface area contributed by atoms with E-state index in [1.807, 2.05) is 12.1 Å². The predicted molar refractivity (Wildman–Crippen MR) is 92.9 cm³/mol. The lowest BCUT2D eigenvalue weighted by Crippen LogP contribution is -2.44. The molecule has 0 radical (unpaired) electrons. The Kier molecular flexibility index (Phi) is 5.88. The maximum atomic E-state index is 12.7. The maximum absolute atomic E-state index is 12.7. The first kappa shape index (κ1) is 18.8. The molecule has 0 spiro atoms. The van der Waals surface area contributed by atoms with E-state index in [0.717, 1.165) is 24.5 Å². The largest absolute Gasteiger partial charge is 0.391 e. The predicted octanol–water partition coefficient (Wildman–Crippen LogP) is 3.60. The summed E-state index contributed by atoms with van der Waals surface area (Å²) in [4.78, 5) is 18.6. The molecule has 0 atom stereocenters. The van der Waals surface area contributed by atoms with Gasteiger partial charge < -0.3 is 15.5 Å². The van der Waals surface area contributed by atoms with Crippen LogP contribution in [0.1, 0.15) is 44.1 Å². The first-order chi connectivity index (χ1) is 12.4. The molecule has 1 saturated carbocycles. The van der Waals surface area contributed by atoms with E-state index in [0.29, 0.717) is 19.4 Å². The number of hydrogen-bond acceptors (Lipinski definition) is 3. The third kappa shape index (κ3) is 5.02. The number of halogens is 3. The third-order valence-electron chi connectivity index (χ3n) is 5.22. The van der Waals surface area contributed by atoms with E-state index in [9.17, 15) is 18.0 Å². The number of urea groups is 1. The number of carbonyl (C=O) groups is 1. The summed E-state index contributed by atoms with van der Waals surface area (Å²) in [6, 6.07) is 3.31. The Hall–Kier alpha value is -1.99. The highest BCUT2D eigenvalue weighted by molar-refractivity contribution is 5.74. The van der Waals surface area contributed by atoms with Gasteiger partial charge in [0.15, 0.2) is 0 Å². The Bertz CT molecular complexity index is 609. The van der Waals surface area contributed by atoms with E-state index in [4.69, 9.17) is 0 Å². The van der Waals surface area contributed by atoms with Crippen molar-refractivity contribution >= 4 is 11.8 Å². The van der Waals surface area contributed by atoms with Gasteiger partial charge in [0.05, 0.1) is 5.92 Å². The Morgan fingerprint density at radius 3 is 2.54 bits per heavy atom. The molecule has 8 heteroatoms. The minimum Gasteiger partial charge on any atom is -0.357 e. The molecule has 26 heavy (non-hydrogen) atoms. The molecule has 2 amide bonds. The number of hydrogen-bond donors (Lipinski definition) is 2. The van der Waals surface area contributed by atoms with Crippen LogP contribution in [-0.2, 0) is 6.54 Å². The van der Waals surface area contributed by atoms with E-state index in [1.165, 1.54) is 12.8 Å². The van der Waals surface area contributed by atoms with Gasteiger partial charge in [-0.05, 0) is 56.2 Å². The van der Waals surface area contributed by atoms with Crippen LogP contribution in [0.3, 0.4) is 0 Å². The monoisotopic (exact) mass is 370 g/mol. The number of rotatable bonds is 4. The van der Waals surface area contributed by atoms with E-state index < -0.39 is 12.1 Å². The molecule has 2 heterocycles. The smallest absolute Gasteiger partial charge is 0.357 e. The van der Waals surface area contributed by atoms with Crippen LogP contribution >= 0.6 is 0 Å². The topological polar surface area (TPSA) is 57.3 Å². The number of nitrogens with zero attached hydrogens (tertiary/aromatic N) is 2. The van der Waals surface area contributed by atoms with Crippen LogP contribution in [0.4, 0.5) is 23.8 Å². The highest BCUT2D eigenvalue weighted by atomic mass is 19.4. The summed E-state index contributed by atoms with van der Waals surface area (Å²) in [7, 11) is 0. The molecule has 0 aromatic carbocycles. The summed E-state index contributed by atoms with van der Waals surface area (Å²) in [5.41, 5.74) is 0.956. The number of alkyl halides is 3. The van der Waals surface area contributed by atoms with Gasteiger partial charge in [-0.25, -0.2) is 9.78 Å². The van der Waals surface area contributed by atoms with Crippen molar-refractivity contribution in [3.63, 3.8) is 0 Å². The molecule has 0 unspecified atom stereocenters. The third-order valence-corrected chi connectivity index (χ3v) is 5.22.